The quantitative estimate of drug-likeness (QED) is 0.591. The lowest BCUT2D eigenvalue weighted by atomic mass is 10.0. The number of hydrogen-bond acceptors (Lipinski definition) is 1. The van der Waals surface area contributed by atoms with Crippen molar-refractivity contribution < 1.29 is 0 Å². The predicted octanol–water partition coefficient (Wildman–Crippen LogP) is 1.47. The van der Waals surface area contributed by atoms with Gasteiger partial charge < -0.3 is 5.73 Å². The van der Waals surface area contributed by atoms with Gasteiger partial charge in [-0.2, -0.15) is 0 Å². The van der Waals surface area contributed by atoms with Crippen molar-refractivity contribution in [3.05, 3.63) is 24.3 Å². The molecule has 1 rings (SSSR count). The van der Waals surface area contributed by atoms with Crippen LogP contribution in [0, 0.1) is 5.92 Å². The van der Waals surface area contributed by atoms with Crippen LogP contribution in [0.5, 0.6) is 0 Å². The van der Waals surface area contributed by atoms with Gasteiger partial charge in [-0.05, 0) is 19.3 Å². The van der Waals surface area contributed by atoms with Crippen LogP contribution >= 0.6 is 0 Å². The number of hydrogen-bond donors (Lipinski definition) is 1. The third-order valence-corrected chi connectivity index (χ3v) is 1.47. The van der Waals surface area contributed by atoms with E-state index in [2.05, 4.69) is 24.3 Å². The first-order valence-corrected chi connectivity index (χ1v) is 3.39. The summed E-state index contributed by atoms with van der Waals surface area (Å²) in [6.45, 7) is 2.04. The van der Waals surface area contributed by atoms with Crippen molar-refractivity contribution in [3.63, 3.8) is 0 Å². The normalized spacial score (nSPS) is 21.1. The molecule has 0 amide bonds. The monoisotopic (exact) mass is 123 g/mol. The molecule has 0 radical (unpaired) electrons. The van der Waals surface area contributed by atoms with Crippen LogP contribution < -0.4 is 5.73 Å². The van der Waals surface area contributed by atoms with Gasteiger partial charge in [0, 0.05) is 6.04 Å². The smallest absolute Gasteiger partial charge is 0.00190 e. The molecule has 1 heteroatoms. The van der Waals surface area contributed by atoms with Crippen molar-refractivity contribution in [2.75, 3.05) is 0 Å². The Morgan fingerprint density at radius 1 is 1.44 bits per heavy atom. The summed E-state index contributed by atoms with van der Waals surface area (Å²) in [4.78, 5) is 0. The van der Waals surface area contributed by atoms with E-state index in [-0.39, 0.29) is 0 Å². The first-order chi connectivity index (χ1) is 4.29. The molecule has 9 heavy (non-hydrogen) atoms. The van der Waals surface area contributed by atoms with Crippen LogP contribution in [0.2, 0.25) is 0 Å². The summed E-state index contributed by atoms with van der Waals surface area (Å²) in [5.74, 6) is 0.602. The molecule has 0 unspecified atom stereocenters. The van der Waals surface area contributed by atoms with Crippen molar-refractivity contribution >= 4 is 0 Å². The molecule has 0 aromatic heterocycles. The standard InChI is InChI=1S/C8H13N/c1-7(9)6-8-4-2-3-5-8/h2-5,7-8H,6,9H2,1H3/t7-/m1/s1. The minimum atomic E-state index is 0.322. The van der Waals surface area contributed by atoms with E-state index in [0.717, 1.165) is 6.42 Å². The maximum Gasteiger partial charge on any atom is 0.00190 e. The zero-order valence-electron chi connectivity index (χ0n) is 5.75. The van der Waals surface area contributed by atoms with Crippen molar-refractivity contribution in [2.24, 2.45) is 11.7 Å². The minimum Gasteiger partial charge on any atom is -0.328 e. The summed E-state index contributed by atoms with van der Waals surface area (Å²) in [5.41, 5.74) is 5.60. The molecule has 0 bridgehead atoms. The fourth-order valence-electron chi connectivity index (χ4n) is 1.06. The van der Waals surface area contributed by atoms with Crippen molar-refractivity contribution in [1.29, 1.82) is 0 Å². The van der Waals surface area contributed by atoms with Crippen LogP contribution in [-0.2, 0) is 0 Å². The fraction of sp³-hybridized carbons (Fsp3) is 0.500. The van der Waals surface area contributed by atoms with Gasteiger partial charge in [0.25, 0.3) is 0 Å². The molecule has 1 aliphatic rings. The lowest BCUT2D eigenvalue weighted by Gasteiger charge is -2.07. The Morgan fingerprint density at radius 3 is 2.44 bits per heavy atom. The molecule has 0 fully saturated rings. The summed E-state index contributed by atoms with van der Waals surface area (Å²) in [5, 5.41) is 0. The van der Waals surface area contributed by atoms with Gasteiger partial charge in [-0.25, -0.2) is 0 Å². The Balaban J connectivity index is 2.29. The molecule has 0 saturated heterocycles. The van der Waals surface area contributed by atoms with Crippen LogP contribution in [0.4, 0.5) is 0 Å². The third-order valence-electron chi connectivity index (χ3n) is 1.47. The third kappa shape index (κ3) is 2.02. The summed E-state index contributed by atoms with van der Waals surface area (Å²) >= 11 is 0. The lowest BCUT2D eigenvalue weighted by molar-refractivity contribution is 0.604. The predicted molar refractivity (Wildman–Crippen MR) is 40.0 cm³/mol. The van der Waals surface area contributed by atoms with E-state index in [4.69, 9.17) is 5.73 Å². The maximum atomic E-state index is 5.60. The number of rotatable bonds is 2. The highest BCUT2D eigenvalue weighted by Gasteiger charge is 2.04. The summed E-state index contributed by atoms with van der Waals surface area (Å²) in [6.07, 6.45) is 9.60. The van der Waals surface area contributed by atoms with E-state index in [1.807, 2.05) is 6.92 Å². The van der Waals surface area contributed by atoms with E-state index in [1.54, 1.807) is 0 Å². The topological polar surface area (TPSA) is 26.0 Å². The zero-order valence-corrected chi connectivity index (χ0v) is 5.75. The van der Waals surface area contributed by atoms with Gasteiger partial charge in [0.15, 0.2) is 0 Å². The van der Waals surface area contributed by atoms with E-state index >= 15 is 0 Å². The SMILES string of the molecule is C[C@@H](N)CC1C=CC=C1. The molecular weight excluding hydrogens is 110 g/mol. The molecule has 0 aromatic carbocycles. The fourth-order valence-corrected chi connectivity index (χ4v) is 1.06. The van der Waals surface area contributed by atoms with Crippen molar-refractivity contribution in [3.8, 4) is 0 Å². The van der Waals surface area contributed by atoms with E-state index in [9.17, 15) is 0 Å². The summed E-state index contributed by atoms with van der Waals surface area (Å²) in [6, 6.07) is 0.322. The first-order valence-electron chi connectivity index (χ1n) is 3.39. The van der Waals surface area contributed by atoms with Crippen LogP contribution in [0.25, 0.3) is 0 Å². The average Bonchev–Trinajstić information content (AvgIpc) is 2.15. The second-order valence-corrected chi connectivity index (χ2v) is 2.65. The second-order valence-electron chi connectivity index (χ2n) is 2.65. The Morgan fingerprint density at radius 2 is 2.00 bits per heavy atom. The molecule has 1 nitrogen and oxygen atoms in total. The minimum absolute atomic E-state index is 0.322. The highest BCUT2D eigenvalue weighted by molar-refractivity contribution is 5.17. The van der Waals surface area contributed by atoms with Gasteiger partial charge >= 0.3 is 0 Å². The largest absolute Gasteiger partial charge is 0.328 e. The number of nitrogens with two attached hydrogens (primary N) is 1. The van der Waals surface area contributed by atoms with Gasteiger partial charge in [-0.1, -0.05) is 24.3 Å². The molecule has 50 valence electrons. The Kier molecular flexibility index (Phi) is 2.06. The zero-order chi connectivity index (χ0) is 6.69. The van der Waals surface area contributed by atoms with Crippen LogP contribution in [0.15, 0.2) is 24.3 Å². The Hall–Kier alpha value is -0.560. The van der Waals surface area contributed by atoms with Gasteiger partial charge in [0.1, 0.15) is 0 Å². The van der Waals surface area contributed by atoms with E-state index in [0.29, 0.717) is 12.0 Å². The molecule has 0 aliphatic heterocycles. The lowest BCUT2D eigenvalue weighted by Crippen LogP contribution is -2.17. The van der Waals surface area contributed by atoms with Gasteiger partial charge in [-0.3, -0.25) is 0 Å². The second kappa shape index (κ2) is 2.83. The van der Waals surface area contributed by atoms with Crippen molar-refractivity contribution in [1.82, 2.24) is 0 Å². The summed E-state index contributed by atoms with van der Waals surface area (Å²) < 4.78 is 0. The van der Waals surface area contributed by atoms with Crippen LogP contribution in [0.1, 0.15) is 13.3 Å². The molecule has 0 aromatic rings. The van der Waals surface area contributed by atoms with Gasteiger partial charge in [0.05, 0.1) is 0 Å². The van der Waals surface area contributed by atoms with Crippen LogP contribution in [-0.4, -0.2) is 6.04 Å². The summed E-state index contributed by atoms with van der Waals surface area (Å²) in [7, 11) is 0. The first kappa shape index (κ1) is 6.56. The Bertz CT molecular complexity index is 122. The van der Waals surface area contributed by atoms with Gasteiger partial charge in [-0.15, -0.1) is 0 Å². The average molecular weight is 123 g/mol. The van der Waals surface area contributed by atoms with E-state index in [1.165, 1.54) is 0 Å². The number of allylic oxidation sites excluding steroid dienone is 4. The molecular formula is C8H13N. The van der Waals surface area contributed by atoms with Crippen molar-refractivity contribution in [2.45, 2.75) is 19.4 Å². The van der Waals surface area contributed by atoms with Gasteiger partial charge in [0.2, 0.25) is 0 Å². The molecule has 1 atom stereocenters. The molecule has 1 aliphatic carbocycles. The molecule has 0 saturated carbocycles. The molecule has 0 spiro atoms. The molecule has 0 heterocycles. The highest BCUT2D eigenvalue weighted by Crippen LogP contribution is 2.13. The highest BCUT2D eigenvalue weighted by atomic mass is 14.6. The maximum absolute atomic E-state index is 5.60. The molecule has 2 N–H and O–H groups in total. The Labute approximate surface area is 56.2 Å². The van der Waals surface area contributed by atoms with Crippen LogP contribution in [0.3, 0.4) is 0 Å². The van der Waals surface area contributed by atoms with E-state index < -0.39 is 0 Å².